The Labute approximate surface area is 135 Å². The van der Waals surface area contributed by atoms with E-state index in [0.29, 0.717) is 6.08 Å². The molecule has 0 bridgehead atoms. The third-order valence-corrected chi connectivity index (χ3v) is 4.17. The van der Waals surface area contributed by atoms with Gasteiger partial charge in [-0.25, -0.2) is 0 Å². The summed E-state index contributed by atoms with van der Waals surface area (Å²) in [6, 6.07) is 2.83. The topological polar surface area (TPSA) is 183 Å². The minimum atomic E-state index is -4.57. The molecule has 0 aliphatic heterocycles. The van der Waals surface area contributed by atoms with Gasteiger partial charge in [0, 0.05) is 12.1 Å². The standard InChI is InChI=1S/C6H6O5S.C6H4O5S/c2*7-4-1-2-5(8)6(3-4)12(9,10)11/h1-3,7-8H,(H,9,10,11);1-3H,(H,9,10,11). The van der Waals surface area contributed by atoms with E-state index in [1.165, 1.54) is 0 Å². The second kappa shape index (κ2) is 6.92. The molecular formula is C12H10O10S2. The fourth-order valence-corrected chi connectivity index (χ4v) is 2.59. The predicted octanol–water partition coefficient (Wildman–Crippen LogP) is -0.189. The van der Waals surface area contributed by atoms with Crippen molar-refractivity contribution < 1.29 is 45.7 Å². The number of hydrogen-bond acceptors (Lipinski definition) is 8. The zero-order valence-electron chi connectivity index (χ0n) is 11.5. The molecule has 2 rings (SSSR count). The summed E-state index contributed by atoms with van der Waals surface area (Å²) in [4.78, 5) is 19.7. The van der Waals surface area contributed by atoms with E-state index < -0.39 is 47.4 Å². The van der Waals surface area contributed by atoms with Gasteiger partial charge in [-0.3, -0.25) is 18.7 Å². The summed E-state index contributed by atoms with van der Waals surface area (Å²) in [5.74, 6) is -2.48. The summed E-state index contributed by atoms with van der Waals surface area (Å²) >= 11 is 0. The van der Waals surface area contributed by atoms with Crippen molar-refractivity contribution in [2.75, 3.05) is 0 Å². The summed E-state index contributed by atoms with van der Waals surface area (Å²) in [6.07, 6.45) is 2.31. The van der Waals surface area contributed by atoms with Crippen LogP contribution in [-0.2, 0) is 29.8 Å². The molecule has 1 aromatic carbocycles. The first kappa shape index (κ1) is 19.5. The van der Waals surface area contributed by atoms with E-state index in [4.69, 9.17) is 19.3 Å². The lowest BCUT2D eigenvalue weighted by atomic mass is 10.2. The van der Waals surface area contributed by atoms with Gasteiger partial charge in [-0.15, -0.1) is 0 Å². The molecule has 0 aromatic heterocycles. The third kappa shape index (κ3) is 5.27. The number of rotatable bonds is 2. The van der Waals surface area contributed by atoms with Crippen molar-refractivity contribution in [2.45, 2.75) is 4.90 Å². The van der Waals surface area contributed by atoms with Crippen LogP contribution in [0.15, 0.2) is 46.2 Å². The lowest BCUT2D eigenvalue weighted by Gasteiger charge is -2.01. The molecule has 24 heavy (non-hydrogen) atoms. The lowest BCUT2D eigenvalue weighted by molar-refractivity contribution is -0.114. The van der Waals surface area contributed by atoms with Crippen LogP contribution in [0.4, 0.5) is 0 Å². The van der Waals surface area contributed by atoms with Gasteiger partial charge in [-0.05, 0) is 24.3 Å². The number of carbonyl (C=O) groups is 2. The van der Waals surface area contributed by atoms with Crippen LogP contribution < -0.4 is 0 Å². The molecule has 1 aliphatic carbocycles. The Morgan fingerprint density at radius 2 is 1.42 bits per heavy atom. The van der Waals surface area contributed by atoms with Crippen LogP contribution >= 0.6 is 0 Å². The molecule has 0 radical (unpaired) electrons. The summed E-state index contributed by atoms with van der Waals surface area (Å²) in [5.41, 5.74) is 0. The highest BCUT2D eigenvalue weighted by atomic mass is 32.2. The lowest BCUT2D eigenvalue weighted by Crippen LogP contribution is -2.15. The zero-order valence-corrected chi connectivity index (χ0v) is 13.2. The average Bonchev–Trinajstić information content (AvgIpc) is 2.42. The quantitative estimate of drug-likeness (QED) is 0.305. The Morgan fingerprint density at radius 3 is 1.83 bits per heavy atom. The molecule has 0 atom stereocenters. The van der Waals surface area contributed by atoms with Crippen molar-refractivity contribution in [2.24, 2.45) is 0 Å². The highest BCUT2D eigenvalue weighted by molar-refractivity contribution is 7.91. The van der Waals surface area contributed by atoms with Crippen LogP contribution in [0.2, 0.25) is 0 Å². The van der Waals surface area contributed by atoms with E-state index in [9.17, 15) is 26.4 Å². The number of phenolic OH excluding ortho intramolecular Hbond substituents is 2. The molecule has 0 unspecified atom stereocenters. The Kier molecular flexibility index (Phi) is 5.62. The van der Waals surface area contributed by atoms with E-state index in [1.54, 1.807) is 0 Å². The van der Waals surface area contributed by atoms with Crippen molar-refractivity contribution >= 4 is 31.8 Å². The first-order chi connectivity index (χ1) is 10.8. The van der Waals surface area contributed by atoms with Crippen LogP contribution in [0.25, 0.3) is 0 Å². The van der Waals surface area contributed by atoms with Gasteiger partial charge in [0.15, 0.2) is 11.6 Å². The van der Waals surface area contributed by atoms with Gasteiger partial charge in [0.25, 0.3) is 20.2 Å². The molecule has 4 N–H and O–H groups in total. The van der Waals surface area contributed by atoms with Crippen molar-refractivity contribution in [3.63, 3.8) is 0 Å². The summed E-state index contributed by atoms with van der Waals surface area (Å²) in [7, 11) is -9.03. The average molecular weight is 378 g/mol. The first-order valence-corrected chi connectivity index (χ1v) is 8.65. The molecule has 0 saturated heterocycles. The Bertz CT molecular complexity index is 952. The molecular weight excluding hydrogens is 368 g/mol. The molecule has 0 amide bonds. The SMILES string of the molecule is O=C1C=CC(=O)C(S(=O)(=O)O)=C1.O=S(=O)(O)c1cc(O)ccc1O. The Balaban J connectivity index is 0.000000240. The maximum absolute atomic E-state index is 10.7. The third-order valence-electron chi connectivity index (χ3n) is 2.41. The molecule has 0 saturated carbocycles. The van der Waals surface area contributed by atoms with E-state index in [1.807, 2.05) is 0 Å². The number of allylic oxidation sites excluding steroid dienone is 4. The maximum atomic E-state index is 10.7. The largest absolute Gasteiger partial charge is 0.508 e. The van der Waals surface area contributed by atoms with E-state index in [0.717, 1.165) is 30.4 Å². The van der Waals surface area contributed by atoms with Gasteiger partial charge in [0.05, 0.1) is 0 Å². The van der Waals surface area contributed by atoms with Crippen molar-refractivity contribution in [3.8, 4) is 11.5 Å². The maximum Gasteiger partial charge on any atom is 0.298 e. The van der Waals surface area contributed by atoms with Crippen molar-refractivity contribution in [1.82, 2.24) is 0 Å². The highest BCUT2D eigenvalue weighted by Crippen LogP contribution is 2.25. The molecule has 0 spiro atoms. The minimum absolute atomic E-state index is 0.347. The first-order valence-electron chi connectivity index (χ1n) is 5.77. The van der Waals surface area contributed by atoms with Crippen LogP contribution in [0.5, 0.6) is 11.5 Å². The summed E-state index contributed by atoms with van der Waals surface area (Å²) in [5, 5.41) is 17.7. The van der Waals surface area contributed by atoms with E-state index in [2.05, 4.69) is 0 Å². The summed E-state index contributed by atoms with van der Waals surface area (Å²) in [6.45, 7) is 0. The smallest absolute Gasteiger partial charge is 0.298 e. The van der Waals surface area contributed by atoms with Gasteiger partial charge in [-0.2, -0.15) is 16.8 Å². The van der Waals surface area contributed by atoms with Gasteiger partial charge in [0.2, 0.25) is 0 Å². The van der Waals surface area contributed by atoms with E-state index >= 15 is 0 Å². The number of carbonyl (C=O) groups excluding carboxylic acids is 2. The number of aromatic hydroxyl groups is 2. The fraction of sp³-hybridized carbons (Fsp3) is 0. The second-order valence-corrected chi connectivity index (χ2v) is 6.99. The zero-order chi connectivity index (χ0) is 18.7. The predicted molar refractivity (Wildman–Crippen MR) is 78.4 cm³/mol. The van der Waals surface area contributed by atoms with Crippen LogP contribution in [0.1, 0.15) is 0 Å². The van der Waals surface area contributed by atoms with Gasteiger partial charge in [0.1, 0.15) is 21.3 Å². The molecule has 1 aliphatic rings. The molecule has 1 aromatic rings. The Hall–Kier alpha value is -2.54. The normalized spacial score (nSPS) is 14.7. The van der Waals surface area contributed by atoms with Crippen LogP contribution in [-0.4, -0.2) is 47.7 Å². The molecule has 130 valence electrons. The molecule has 10 nitrogen and oxygen atoms in total. The molecule has 12 heteroatoms. The number of phenols is 2. The van der Waals surface area contributed by atoms with Crippen molar-refractivity contribution in [3.05, 3.63) is 41.3 Å². The monoisotopic (exact) mass is 378 g/mol. The fourth-order valence-electron chi connectivity index (χ4n) is 1.40. The van der Waals surface area contributed by atoms with Gasteiger partial charge in [-0.1, -0.05) is 0 Å². The number of ketones is 2. The number of benzene rings is 1. The highest BCUT2D eigenvalue weighted by Gasteiger charge is 2.24. The molecule has 0 heterocycles. The molecule has 0 fully saturated rings. The van der Waals surface area contributed by atoms with Gasteiger partial charge < -0.3 is 10.2 Å². The van der Waals surface area contributed by atoms with Crippen molar-refractivity contribution in [1.29, 1.82) is 0 Å². The number of hydrogen-bond donors (Lipinski definition) is 4. The van der Waals surface area contributed by atoms with Gasteiger partial charge >= 0.3 is 0 Å². The summed E-state index contributed by atoms with van der Waals surface area (Å²) < 4.78 is 58.7. The van der Waals surface area contributed by atoms with Crippen LogP contribution in [0, 0.1) is 0 Å². The Morgan fingerprint density at radius 1 is 0.833 bits per heavy atom. The second-order valence-electron chi connectivity index (χ2n) is 4.21. The minimum Gasteiger partial charge on any atom is -0.508 e. The van der Waals surface area contributed by atoms with Crippen LogP contribution in [0.3, 0.4) is 0 Å². The van der Waals surface area contributed by atoms with E-state index in [-0.39, 0.29) is 5.75 Å².